The summed E-state index contributed by atoms with van der Waals surface area (Å²) in [4.78, 5) is 0. The molecule has 0 bridgehead atoms. The first kappa shape index (κ1) is 17.3. The van der Waals surface area contributed by atoms with E-state index in [0.717, 1.165) is 12.0 Å². The molecule has 1 aromatic carbocycles. The van der Waals surface area contributed by atoms with Gasteiger partial charge in [-0.1, -0.05) is 38.1 Å². The molecule has 1 rings (SSSR count). The van der Waals surface area contributed by atoms with Crippen molar-refractivity contribution in [2.75, 3.05) is 18.6 Å². The number of hydrogen-bond acceptors (Lipinski definition) is 3. The molecule has 0 aliphatic rings. The average Bonchev–Trinajstić information content (AvgIpc) is 2.42. The lowest BCUT2D eigenvalue weighted by Gasteiger charge is -2.17. The summed E-state index contributed by atoms with van der Waals surface area (Å²) in [6.45, 7) is 6.90. The van der Waals surface area contributed by atoms with Gasteiger partial charge in [-0.3, -0.25) is 4.21 Å². The summed E-state index contributed by atoms with van der Waals surface area (Å²) in [7, 11) is -0.746. The van der Waals surface area contributed by atoms with Crippen LogP contribution in [0.25, 0.3) is 0 Å². The van der Waals surface area contributed by atoms with Crippen molar-refractivity contribution in [3.63, 3.8) is 0 Å². The van der Waals surface area contributed by atoms with E-state index in [1.165, 1.54) is 5.56 Å². The van der Waals surface area contributed by atoms with Crippen molar-refractivity contribution in [2.24, 2.45) is 0 Å². The van der Waals surface area contributed by atoms with Gasteiger partial charge in [-0.15, -0.1) is 0 Å². The van der Waals surface area contributed by atoms with Gasteiger partial charge in [-0.2, -0.15) is 0 Å². The lowest BCUT2D eigenvalue weighted by atomic mass is 10.00. The van der Waals surface area contributed by atoms with Gasteiger partial charge in [0.05, 0.1) is 6.10 Å². The van der Waals surface area contributed by atoms with Gasteiger partial charge in [0.25, 0.3) is 0 Å². The minimum atomic E-state index is -0.746. The van der Waals surface area contributed by atoms with Crippen molar-refractivity contribution in [3.05, 3.63) is 35.4 Å². The predicted octanol–water partition coefficient (Wildman–Crippen LogP) is 2.59. The van der Waals surface area contributed by atoms with E-state index in [4.69, 9.17) is 0 Å². The Hall–Kier alpha value is -0.710. The number of nitrogens with one attached hydrogen (secondary N) is 1. The molecule has 3 atom stereocenters. The largest absolute Gasteiger partial charge is 0.387 e. The van der Waals surface area contributed by atoms with E-state index in [1.54, 1.807) is 6.26 Å². The summed E-state index contributed by atoms with van der Waals surface area (Å²) in [6, 6.07) is 8.41. The van der Waals surface area contributed by atoms with Gasteiger partial charge in [0.2, 0.25) is 0 Å². The maximum atomic E-state index is 11.0. The fourth-order valence-electron chi connectivity index (χ4n) is 1.98. The Morgan fingerprint density at radius 2 is 1.70 bits per heavy atom. The Kier molecular flexibility index (Phi) is 7.41. The van der Waals surface area contributed by atoms with Gasteiger partial charge in [0.1, 0.15) is 0 Å². The average molecular weight is 297 g/mol. The second-order valence-corrected chi connectivity index (χ2v) is 7.27. The predicted molar refractivity (Wildman–Crippen MR) is 86.5 cm³/mol. The molecule has 3 unspecified atom stereocenters. The molecule has 0 fully saturated rings. The fraction of sp³-hybridized carbons (Fsp3) is 0.625. The third kappa shape index (κ3) is 6.16. The molecule has 0 aliphatic carbocycles. The first-order valence-electron chi connectivity index (χ1n) is 7.21. The lowest BCUT2D eigenvalue weighted by molar-refractivity contribution is 0.170. The highest BCUT2D eigenvalue weighted by atomic mass is 32.2. The summed E-state index contributed by atoms with van der Waals surface area (Å²) in [6.07, 6.45) is 2.09. The van der Waals surface area contributed by atoms with E-state index in [1.807, 2.05) is 12.1 Å². The Morgan fingerprint density at radius 3 is 2.20 bits per heavy atom. The highest BCUT2D eigenvalue weighted by molar-refractivity contribution is 7.84. The zero-order valence-corrected chi connectivity index (χ0v) is 13.7. The number of benzene rings is 1. The molecule has 0 saturated heterocycles. The number of aliphatic hydroxyl groups excluding tert-OH is 1. The van der Waals surface area contributed by atoms with Gasteiger partial charge in [0, 0.05) is 35.4 Å². The van der Waals surface area contributed by atoms with E-state index in [0.29, 0.717) is 18.2 Å². The minimum Gasteiger partial charge on any atom is -0.387 e. The summed E-state index contributed by atoms with van der Waals surface area (Å²) in [5.41, 5.74) is 2.22. The molecular weight excluding hydrogens is 270 g/mol. The quantitative estimate of drug-likeness (QED) is 0.775. The third-order valence-electron chi connectivity index (χ3n) is 3.49. The van der Waals surface area contributed by atoms with Crippen molar-refractivity contribution in [3.8, 4) is 0 Å². The number of aliphatic hydroxyl groups is 1. The lowest BCUT2D eigenvalue weighted by Crippen LogP contribution is -2.31. The normalized spacial score (nSPS) is 16.1. The van der Waals surface area contributed by atoms with Crippen LogP contribution in [0.5, 0.6) is 0 Å². The third-order valence-corrected chi connectivity index (χ3v) is 4.30. The molecule has 0 radical (unpaired) electrons. The van der Waals surface area contributed by atoms with E-state index < -0.39 is 16.9 Å². The van der Waals surface area contributed by atoms with Crippen molar-refractivity contribution >= 4 is 10.8 Å². The molecule has 0 amide bonds. The van der Waals surface area contributed by atoms with Crippen LogP contribution in [0, 0.1) is 0 Å². The van der Waals surface area contributed by atoms with Crippen molar-refractivity contribution in [2.45, 2.75) is 45.3 Å². The molecule has 0 aromatic heterocycles. The maximum absolute atomic E-state index is 11.0. The van der Waals surface area contributed by atoms with Crippen LogP contribution < -0.4 is 5.32 Å². The number of rotatable bonds is 8. The molecular formula is C16H27NO2S. The van der Waals surface area contributed by atoms with Crippen LogP contribution in [0.15, 0.2) is 24.3 Å². The van der Waals surface area contributed by atoms with Crippen LogP contribution in [0.2, 0.25) is 0 Å². The zero-order valence-electron chi connectivity index (χ0n) is 12.9. The molecule has 0 aliphatic heterocycles. The molecule has 0 saturated carbocycles. The molecule has 2 N–H and O–H groups in total. The second kappa shape index (κ2) is 8.55. The SMILES string of the molecule is CC(CCS(C)=O)NCC(O)c1ccc(C(C)C)cc1. The first-order chi connectivity index (χ1) is 9.40. The highest BCUT2D eigenvalue weighted by Crippen LogP contribution is 2.18. The zero-order chi connectivity index (χ0) is 15.1. The summed E-state index contributed by atoms with van der Waals surface area (Å²) < 4.78 is 11.0. The van der Waals surface area contributed by atoms with Crippen LogP contribution in [-0.4, -0.2) is 33.9 Å². The molecule has 0 spiro atoms. The van der Waals surface area contributed by atoms with Crippen LogP contribution in [0.3, 0.4) is 0 Å². The fourth-order valence-corrected chi connectivity index (χ4v) is 2.66. The highest BCUT2D eigenvalue weighted by Gasteiger charge is 2.10. The van der Waals surface area contributed by atoms with E-state index in [9.17, 15) is 9.32 Å². The van der Waals surface area contributed by atoms with Crippen molar-refractivity contribution in [1.29, 1.82) is 0 Å². The van der Waals surface area contributed by atoms with Gasteiger partial charge in [-0.25, -0.2) is 0 Å². The smallest absolute Gasteiger partial charge is 0.0914 e. The first-order valence-corrected chi connectivity index (χ1v) is 8.94. The van der Waals surface area contributed by atoms with E-state index in [2.05, 4.69) is 38.2 Å². The molecule has 114 valence electrons. The Balaban J connectivity index is 2.42. The molecule has 3 nitrogen and oxygen atoms in total. The summed E-state index contributed by atoms with van der Waals surface area (Å²) in [5, 5.41) is 13.4. The monoisotopic (exact) mass is 297 g/mol. The second-order valence-electron chi connectivity index (χ2n) is 5.71. The van der Waals surface area contributed by atoms with Gasteiger partial charge >= 0.3 is 0 Å². The van der Waals surface area contributed by atoms with E-state index in [-0.39, 0.29) is 6.04 Å². The van der Waals surface area contributed by atoms with E-state index >= 15 is 0 Å². The van der Waals surface area contributed by atoms with Crippen molar-refractivity contribution < 1.29 is 9.32 Å². The summed E-state index contributed by atoms with van der Waals surface area (Å²) >= 11 is 0. The number of hydrogen-bond donors (Lipinski definition) is 2. The molecule has 20 heavy (non-hydrogen) atoms. The Labute approximate surface area is 125 Å². The Morgan fingerprint density at radius 1 is 1.15 bits per heavy atom. The van der Waals surface area contributed by atoms with Crippen LogP contribution >= 0.6 is 0 Å². The van der Waals surface area contributed by atoms with Gasteiger partial charge in [0.15, 0.2) is 0 Å². The maximum Gasteiger partial charge on any atom is 0.0914 e. The standard InChI is InChI=1S/C16H27NO2S/c1-12(2)14-5-7-15(8-6-14)16(18)11-17-13(3)9-10-20(4)19/h5-8,12-13,16-18H,9-11H2,1-4H3. The summed E-state index contributed by atoms with van der Waals surface area (Å²) in [5.74, 6) is 1.21. The molecule has 1 aromatic rings. The minimum absolute atomic E-state index is 0.267. The molecule has 4 heteroatoms. The van der Waals surface area contributed by atoms with Crippen molar-refractivity contribution in [1.82, 2.24) is 5.32 Å². The van der Waals surface area contributed by atoms with Gasteiger partial charge < -0.3 is 10.4 Å². The van der Waals surface area contributed by atoms with Gasteiger partial charge in [-0.05, 0) is 30.4 Å². The van der Waals surface area contributed by atoms with Crippen LogP contribution in [-0.2, 0) is 10.8 Å². The van der Waals surface area contributed by atoms with Crippen LogP contribution in [0.4, 0.5) is 0 Å². The Bertz CT molecular complexity index is 417. The topological polar surface area (TPSA) is 49.3 Å². The van der Waals surface area contributed by atoms with Crippen LogP contribution in [0.1, 0.15) is 50.3 Å². The molecule has 0 heterocycles.